The Morgan fingerprint density at radius 1 is 1.39 bits per heavy atom. The lowest BCUT2D eigenvalue weighted by molar-refractivity contribution is 0.0690. The predicted octanol–water partition coefficient (Wildman–Crippen LogP) is 4.19. The van der Waals surface area contributed by atoms with E-state index in [0.29, 0.717) is 15.2 Å². The fourth-order valence-corrected chi connectivity index (χ4v) is 1.99. The van der Waals surface area contributed by atoms with Gasteiger partial charge in [0.25, 0.3) is 6.01 Å². The van der Waals surface area contributed by atoms with Gasteiger partial charge >= 0.3 is 5.97 Å². The molecule has 1 aromatic heterocycles. The lowest BCUT2D eigenvalue weighted by atomic mass is 10.3. The lowest BCUT2D eigenvalue weighted by Gasteiger charge is -2.06. The Hall–Kier alpha value is -1.24. The van der Waals surface area contributed by atoms with Gasteiger partial charge in [0, 0.05) is 4.47 Å². The first-order valence-corrected chi connectivity index (χ1v) is 6.13. The average molecular weight is 352 g/mol. The van der Waals surface area contributed by atoms with E-state index in [2.05, 4.69) is 26.2 Å². The van der Waals surface area contributed by atoms with Gasteiger partial charge in [-0.25, -0.2) is 4.79 Å². The van der Waals surface area contributed by atoms with E-state index in [1.54, 1.807) is 12.1 Å². The minimum Gasteiger partial charge on any atom is -0.476 e. The van der Waals surface area contributed by atoms with Gasteiger partial charge in [0.05, 0.1) is 15.7 Å². The van der Waals surface area contributed by atoms with Gasteiger partial charge in [0.2, 0.25) is 0 Å². The van der Waals surface area contributed by atoms with E-state index in [-0.39, 0.29) is 16.7 Å². The number of nitrogens with zero attached hydrogens (tertiary/aromatic N) is 1. The first kappa shape index (κ1) is 13.2. The normalized spacial score (nSPS) is 10.4. The molecule has 1 heterocycles. The van der Waals surface area contributed by atoms with Crippen LogP contribution in [0.25, 0.3) is 0 Å². The highest BCUT2D eigenvalue weighted by Gasteiger charge is 2.13. The summed E-state index contributed by atoms with van der Waals surface area (Å²) in [5, 5.41) is 12.1. The first-order valence-electron chi connectivity index (χ1n) is 4.58. The molecule has 8 heteroatoms. The molecule has 0 saturated carbocycles. The predicted molar refractivity (Wildman–Crippen MR) is 70.9 cm³/mol. The van der Waals surface area contributed by atoms with Crippen molar-refractivity contribution in [1.29, 1.82) is 0 Å². The summed E-state index contributed by atoms with van der Waals surface area (Å²) in [6.45, 7) is 0. The Bertz CT molecular complexity index is 615. The van der Waals surface area contributed by atoms with Crippen LogP contribution < -0.4 is 5.32 Å². The highest BCUT2D eigenvalue weighted by Crippen LogP contribution is 2.36. The van der Waals surface area contributed by atoms with Crippen molar-refractivity contribution < 1.29 is 14.3 Å². The van der Waals surface area contributed by atoms with Gasteiger partial charge < -0.3 is 14.8 Å². The number of aromatic carboxylic acids is 1. The number of anilines is 2. The Morgan fingerprint density at radius 2 is 2.11 bits per heavy atom. The van der Waals surface area contributed by atoms with Gasteiger partial charge in [-0.15, -0.1) is 0 Å². The largest absolute Gasteiger partial charge is 0.476 e. The molecule has 2 N–H and O–H groups in total. The van der Waals surface area contributed by atoms with Crippen LogP contribution in [0.15, 0.2) is 27.3 Å². The number of carbonyl (C=O) groups is 1. The molecule has 0 unspecified atom stereocenters. The number of aromatic nitrogens is 1. The van der Waals surface area contributed by atoms with Gasteiger partial charge in [-0.05, 0) is 28.1 Å². The quantitative estimate of drug-likeness (QED) is 0.811. The molecule has 0 radical (unpaired) electrons. The van der Waals surface area contributed by atoms with Crippen molar-refractivity contribution >= 4 is 56.8 Å². The third-order valence-corrected chi connectivity index (χ3v) is 3.77. The minimum absolute atomic E-state index is 0.0210. The minimum atomic E-state index is -1.17. The number of hydrogen-bond acceptors (Lipinski definition) is 4. The van der Waals surface area contributed by atoms with Gasteiger partial charge in [0.1, 0.15) is 6.26 Å². The molecule has 0 amide bonds. The number of carboxylic acids is 1. The summed E-state index contributed by atoms with van der Waals surface area (Å²) in [6.07, 6.45) is 1.03. The van der Waals surface area contributed by atoms with Gasteiger partial charge in [-0.1, -0.05) is 23.2 Å². The molecule has 18 heavy (non-hydrogen) atoms. The SMILES string of the molecule is O=C(O)c1coc(Nc2ccc(Br)c(Cl)c2Cl)n1. The number of rotatable bonds is 3. The van der Waals surface area contributed by atoms with Crippen LogP contribution in [0.4, 0.5) is 11.7 Å². The number of nitrogens with one attached hydrogen (secondary N) is 1. The van der Waals surface area contributed by atoms with Crippen molar-refractivity contribution in [3.8, 4) is 0 Å². The molecular weight excluding hydrogens is 347 g/mol. The summed E-state index contributed by atoms with van der Waals surface area (Å²) >= 11 is 15.2. The molecular formula is C10H5BrCl2N2O3. The van der Waals surface area contributed by atoms with Crippen molar-refractivity contribution in [1.82, 2.24) is 4.98 Å². The summed E-state index contributed by atoms with van der Waals surface area (Å²) in [5.41, 5.74) is 0.264. The highest BCUT2D eigenvalue weighted by molar-refractivity contribution is 9.10. The van der Waals surface area contributed by atoms with Gasteiger partial charge in [-0.3, -0.25) is 0 Å². The van der Waals surface area contributed by atoms with Gasteiger partial charge in [0.15, 0.2) is 5.69 Å². The Kier molecular flexibility index (Phi) is 3.79. The summed E-state index contributed by atoms with van der Waals surface area (Å²) in [4.78, 5) is 14.3. The van der Waals surface area contributed by atoms with Crippen LogP contribution in [0, 0.1) is 0 Å². The third-order valence-electron chi connectivity index (χ3n) is 2.00. The van der Waals surface area contributed by atoms with E-state index in [1.165, 1.54) is 0 Å². The maximum Gasteiger partial charge on any atom is 0.357 e. The fraction of sp³-hybridized carbons (Fsp3) is 0. The van der Waals surface area contributed by atoms with E-state index in [4.69, 9.17) is 32.7 Å². The topological polar surface area (TPSA) is 75.4 Å². The molecule has 5 nitrogen and oxygen atoms in total. The molecule has 94 valence electrons. The molecule has 2 rings (SSSR count). The molecule has 2 aromatic rings. The maximum atomic E-state index is 10.6. The Balaban J connectivity index is 2.28. The molecule has 0 bridgehead atoms. The Morgan fingerprint density at radius 3 is 2.72 bits per heavy atom. The van der Waals surface area contributed by atoms with Crippen LogP contribution in [0.1, 0.15) is 10.5 Å². The number of oxazole rings is 1. The second-order valence-electron chi connectivity index (χ2n) is 3.19. The van der Waals surface area contributed by atoms with E-state index in [0.717, 1.165) is 6.26 Å². The van der Waals surface area contributed by atoms with Gasteiger partial charge in [-0.2, -0.15) is 4.98 Å². The van der Waals surface area contributed by atoms with Crippen LogP contribution in [0.5, 0.6) is 0 Å². The van der Waals surface area contributed by atoms with Crippen molar-refractivity contribution in [2.75, 3.05) is 5.32 Å². The van der Waals surface area contributed by atoms with E-state index in [9.17, 15) is 4.79 Å². The van der Waals surface area contributed by atoms with Crippen molar-refractivity contribution in [3.05, 3.63) is 38.6 Å². The summed E-state index contributed by atoms with van der Waals surface area (Å²) in [6, 6.07) is 3.37. The average Bonchev–Trinajstić information content (AvgIpc) is 2.79. The second-order valence-corrected chi connectivity index (χ2v) is 4.80. The number of carboxylic acid groups (broad SMARTS) is 1. The molecule has 0 fully saturated rings. The van der Waals surface area contributed by atoms with Crippen molar-refractivity contribution in [2.45, 2.75) is 0 Å². The summed E-state index contributed by atoms with van der Waals surface area (Å²) in [5.74, 6) is -1.17. The second kappa shape index (κ2) is 5.17. The van der Waals surface area contributed by atoms with Crippen molar-refractivity contribution in [2.24, 2.45) is 0 Å². The lowest BCUT2D eigenvalue weighted by Crippen LogP contribution is -1.97. The van der Waals surface area contributed by atoms with Crippen molar-refractivity contribution in [3.63, 3.8) is 0 Å². The molecule has 1 aromatic carbocycles. The molecule has 0 atom stereocenters. The number of hydrogen-bond donors (Lipinski definition) is 2. The Labute approximate surface area is 120 Å². The number of benzene rings is 1. The molecule has 0 aliphatic heterocycles. The van der Waals surface area contributed by atoms with E-state index in [1.807, 2.05) is 0 Å². The van der Waals surface area contributed by atoms with E-state index >= 15 is 0 Å². The number of halogens is 3. The maximum absolute atomic E-state index is 10.6. The monoisotopic (exact) mass is 350 g/mol. The van der Waals surface area contributed by atoms with Crippen LogP contribution in [-0.2, 0) is 0 Å². The standard InChI is InChI=1S/C10H5BrCl2N2O3/c11-4-1-2-5(8(13)7(4)12)14-10-15-6(3-18-10)9(16)17/h1-3H,(H,14,15)(H,16,17). The smallest absolute Gasteiger partial charge is 0.357 e. The van der Waals surface area contributed by atoms with Crippen LogP contribution >= 0.6 is 39.1 Å². The van der Waals surface area contributed by atoms with Crippen LogP contribution in [0.2, 0.25) is 10.0 Å². The first-order chi connectivity index (χ1) is 8.49. The zero-order valence-corrected chi connectivity index (χ0v) is 11.7. The zero-order valence-electron chi connectivity index (χ0n) is 8.58. The van der Waals surface area contributed by atoms with Crippen LogP contribution in [0.3, 0.4) is 0 Å². The van der Waals surface area contributed by atoms with Crippen LogP contribution in [-0.4, -0.2) is 16.1 Å². The molecule has 0 aliphatic rings. The summed E-state index contributed by atoms with van der Waals surface area (Å²) in [7, 11) is 0. The zero-order chi connectivity index (χ0) is 13.3. The summed E-state index contributed by atoms with van der Waals surface area (Å²) < 4.78 is 5.59. The highest BCUT2D eigenvalue weighted by atomic mass is 79.9. The molecule has 0 spiro atoms. The van der Waals surface area contributed by atoms with E-state index < -0.39 is 5.97 Å². The third kappa shape index (κ3) is 2.60. The fourth-order valence-electron chi connectivity index (χ4n) is 1.17. The molecule has 0 saturated heterocycles. The molecule has 0 aliphatic carbocycles.